The highest BCUT2D eigenvalue weighted by molar-refractivity contribution is 4.80. The standard InChI is InChI=1S/C13H25N/c1-2-11-5-4-8-13(9-11)14-10-12-6-3-7-12/h11-14H,2-10H2,1H3. The summed E-state index contributed by atoms with van der Waals surface area (Å²) in [7, 11) is 0. The van der Waals surface area contributed by atoms with E-state index in [0.717, 1.165) is 17.9 Å². The molecule has 1 heteroatoms. The molecular weight excluding hydrogens is 170 g/mol. The van der Waals surface area contributed by atoms with Gasteiger partial charge < -0.3 is 5.32 Å². The first-order valence-corrected chi connectivity index (χ1v) is 6.62. The molecule has 2 unspecified atom stereocenters. The normalized spacial score (nSPS) is 34.1. The molecule has 0 spiro atoms. The Hall–Kier alpha value is -0.0400. The Morgan fingerprint density at radius 3 is 2.36 bits per heavy atom. The van der Waals surface area contributed by atoms with Gasteiger partial charge in [0.1, 0.15) is 0 Å². The summed E-state index contributed by atoms with van der Waals surface area (Å²) in [6.07, 6.45) is 11.7. The highest BCUT2D eigenvalue weighted by Gasteiger charge is 2.22. The van der Waals surface area contributed by atoms with E-state index in [1.165, 1.54) is 57.9 Å². The van der Waals surface area contributed by atoms with E-state index in [2.05, 4.69) is 12.2 Å². The molecule has 2 rings (SSSR count). The molecule has 2 fully saturated rings. The minimum atomic E-state index is 0.856. The highest BCUT2D eigenvalue weighted by Crippen LogP contribution is 2.28. The van der Waals surface area contributed by atoms with Crippen LogP contribution >= 0.6 is 0 Å². The molecule has 0 bridgehead atoms. The quantitative estimate of drug-likeness (QED) is 0.725. The molecule has 2 aliphatic rings. The third-order valence-corrected chi connectivity index (χ3v) is 4.28. The van der Waals surface area contributed by atoms with Crippen molar-refractivity contribution in [3.8, 4) is 0 Å². The maximum atomic E-state index is 3.79. The van der Waals surface area contributed by atoms with Crippen molar-refractivity contribution < 1.29 is 0 Å². The van der Waals surface area contributed by atoms with Gasteiger partial charge in [-0.15, -0.1) is 0 Å². The molecule has 14 heavy (non-hydrogen) atoms. The van der Waals surface area contributed by atoms with Crippen LogP contribution in [0.1, 0.15) is 58.3 Å². The van der Waals surface area contributed by atoms with Gasteiger partial charge in [-0.3, -0.25) is 0 Å². The van der Waals surface area contributed by atoms with E-state index < -0.39 is 0 Å². The third-order valence-electron chi connectivity index (χ3n) is 4.28. The molecule has 0 amide bonds. The molecule has 2 saturated carbocycles. The predicted octanol–water partition coefficient (Wildman–Crippen LogP) is 3.34. The van der Waals surface area contributed by atoms with Gasteiger partial charge in [-0.2, -0.15) is 0 Å². The van der Waals surface area contributed by atoms with E-state index in [9.17, 15) is 0 Å². The van der Waals surface area contributed by atoms with Crippen molar-refractivity contribution in [2.75, 3.05) is 6.54 Å². The third kappa shape index (κ3) is 2.73. The van der Waals surface area contributed by atoms with Crippen LogP contribution in [0.4, 0.5) is 0 Å². The van der Waals surface area contributed by atoms with E-state index in [1.54, 1.807) is 0 Å². The number of nitrogens with one attached hydrogen (secondary N) is 1. The Balaban J connectivity index is 1.63. The van der Waals surface area contributed by atoms with Crippen molar-refractivity contribution in [3.05, 3.63) is 0 Å². The fraction of sp³-hybridized carbons (Fsp3) is 1.00. The summed E-state index contributed by atoms with van der Waals surface area (Å²) in [6, 6.07) is 0.856. The maximum absolute atomic E-state index is 3.79. The monoisotopic (exact) mass is 195 g/mol. The molecule has 1 nitrogen and oxygen atoms in total. The second kappa shape index (κ2) is 5.16. The first kappa shape index (κ1) is 10.5. The van der Waals surface area contributed by atoms with Gasteiger partial charge in [0, 0.05) is 6.04 Å². The van der Waals surface area contributed by atoms with Gasteiger partial charge >= 0.3 is 0 Å². The lowest BCUT2D eigenvalue weighted by Gasteiger charge is -2.32. The van der Waals surface area contributed by atoms with Crippen molar-refractivity contribution in [1.82, 2.24) is 5.32 Å². The molecule has 0 aromatic carbocycles. The molecule has 0 heterocycles. The number of hydrogen-bond donors (Lipinski definition) is 1. The Morgan fingerprint density at radius 2 is 1.71 bits per heavy atom. The fourth-order valence-electron chi connectivity index (χ4n) is 2.88. The molecule has 0 aromatic rings. The van der Waals surface area contributed by atoms with E-state index in [4.69, 9.17) is 0 Å². The van der Waals surface area contributed by atoms with Crippen molar-refractivity contribution in [2.24, 2.45) is 11.8 Å². The van der Waals surface area contributed by atoms with Crippen molar-refractivity contribution >= 4 is 0 Å². The van der Waals surface area contributed by atoms with E-state index in [-0.39, 0.29) is 0 Å². The van der Waals surface area contributed by atoms with E-state index in [0.29, 0.717) is 0 Å². The van der Waals surface area contributed by atoms with Gasteiger partial charge in [-0.05, 0) is 44.1 Å². The Kier molecular flexibility index (Phi) is 3.86. The molecule has 82 valence electrons. The summed E-state index contributed by atoms with van der Waals surface area (Å²) in [5.74, 6) is 2.04. The Labute approximate surface area is 88.7 Å². The molecule has 0 aromatic heterocycles. The molecule has 0 saturated heterocycles. The lowest BCUT2D eigenvalue weighted by Crippen LogP contribution is -2.38. The molecule has 0 radical (unpaired) electrons. The summed E-state index contributed by atoms with van der Waals surface area (Å²) in [6.45, 7) is 3.65. The summed E-state index contributed by atoms with van der Waals surface area (Å²) >= 11 is 0. The SMILES string of the molecule is CCC1CCCC(NCC2CCC2)C1. The van der Waals surface area contributed by atoms with Gasteiger partial charge in [-0.1, -0.05) is 32.6 Å². The van der Waals surface area contributed by atoms with Crippen LogP contribution in [-0.2, 0) is 0 Å². The smallest absolute Gasteiger partial charge is 0.00698 e. The van der Waals surface area contributed by atoms with Gasteiger partial charge in [-0.25, -0.2) is 0 Å². The van der Waals surface area contributed by atoms with Crippen LogP contribution in [0.15, 0.2) is 0 Å². The predicted molar refractivity (Wildman–Crippen MR) is 61.4 cm³/mol. The summed E-state index contributed by atoms with van der Waals surface area (Å²) < 4.78 is 0. The second-order valence-electron chi connectivity index (χ2n) is 5.34. The van der Waals surface area contributed by atoms with Gasteiger partial charge in [0.2, 0.25) is 0 Å². The first-order valence-electron chi connectivity index (χ1n) is 6.62. The minimum absolute atomic E-state index is 0.856. The molecule has 1 N–H and O–H groups in total. The summed E-state index contributed by atoms with van der Waals surface area (Å²) in [4.78, 5) is 0. The van der Waals surface area contributed by atoms with Crippen LogP contribution in [0, 0.1) is 11.8 Å². The van der Waals surface area contributed by atoms with Gasteiger partial charge in [0.05, 0.1) is 0 Å². The minimum Gasteiger partial charge on any atom is -0.314 e. The van der Waals surface area contributed by atoms with Crippen LogP contribution in [0.2, 0.25) is 0 Å². The lowest BCUT2D eigenvalue weighted by atomic mass is 9.82. The fourth-order valence-corrected chi connectivity index (χ4v) is 2.88. The maximum Gasteiger partial charge on any atom is 0.00698 e. The molecule has 0 aliphatic heterocycles. The summed E-state index contributed by atoms with van der Waals surface area (Å²) in [5, 5.41) is 3.79. The van der Waals surface area contributed by atoms with Crippen LogP contribution in [0.5, 0.6) is 0 Å². The Morgan fingerprint density at radius 1 is 1.00 bits per heavy atom. The average Bonchev–Trinajstić information content (AvgIpc) is 2.16. The number of rotatable bonds is 4. The van der Waals surface area contributed by atoms with Gasteiger partial charge in [0.25, 0.3) is 0 Å². The summed E-state index contributed by atoms with van der Waals surface area (Å²) in [5.41, 5.74) is 0. The average molecular weight is 195 g/mol. The highest BCUT2D eigenvalue weighted by atomic mass is 14.9. The largest absolute Gasteiger partial charge is 0.314 e. The van der Waals surface area contributed by atoms with Crippen LogP contribution in [0.3, 0.4) is 0 Å². The van der Waals surface area contributed by atoms with E-state index in [1.807, 2.05) is 0 Å². The number of hydrogen-bond acceptors (Lipinski definition) is 1. The topological polar surface area (TPSA) is 12.0 Å². The van der Waals surface area contributed by atoms with Crippen molar-refractivity contribution in [1.29, 1.82) is 0 Å². The zero-order chi connectivity index (χ0) is 9.80. The molecule has 2 atom stereocenters. The zero-order valence-corrected chi connectivity index (χ0v) is 9.60. The van der Waals surface area contributed by atoms with E-state index >= 15 is 0 Å². The van der Waals surface area contributed by atoms with Crippen LogP contribution in [0.25, 0.3) is 0 Å². The zero-order valence-electron chi connectivity index (χ0n) is 9.60. The molecule has 2 aliphatic carbocycles. The first-order chi connectivity index (χ1) is 6.88. The second-order valence-corrected chi connectivity index (χ2v) is 5.34. The van der Waals surface area contributed by atoms with Crippen molar-refractivity contribution in [3.63, 3.8) is 0 Å². The van der Waals surface area contributed by atoms with Gasteiger partial charge in [0.15, 0.2) is 0 Å². The lowest BCUT2D eigenvalue weighted by molar-refractivity contribution is 0.240. The Bertz CT molecular complexity index is 163. The van der Waals surface area contributed by atoms with Crippen LogP contribution < -0.4 is 5.32 Å². The molecular formula is C13H25N. The van der Waals surface area contributed by atoms with Crippen LogP contribution in [-0.4, -0.2) is 12.6 Å². The van der Waals surface area contributed by atoms with Crippen molar-refractivity contribution in [2.45, 2.75) is 64.3 Å².